The van der Waals surface area contributed by atoms with Crippen molar-refractivity contribution in [1.82, 2.24) is 4.90 Å². The molecule has 1 N–H and O–H groups in total. The highest BCUT2D eigenvalue weighted by Gasteiger charge is 2.28. The van der Waals surface area contributed by atoms with Gasteiger partial charge in [0.1, 0.15) is 0 Å². The van der Waals surface area contributed by atoms with Gasteiger partial charge in [-0.05, 0) is 38.8 Å². The molecule has 0 radical (unpaired) electrons. The number of nitrogens with zero attached hydrogens (tertiary/aromatic N) is 1. The second-order valence-electron chi connectivity index (χ2n) is 4.42. The highest BCUT2D eigenvalue weighted by atomic mass is 19.4. The van der Waals surface area contributed by atoms with Gasteiger partial charge in [-0.3, -0.25) is 0 Å². The Kier molecular flexibility index (Phi) is 5.55. The van der Waals surface area contributed by atoms with Crippen molar-refractivity contribution in [3.63, 3.8) is 0 Å². The molecule has 0 aliphatic carbocycles. The summed E-state index contributed by atoms with van der Waals surface area (Å²) in [6, 6.07) is 0.284. The molecule has 0 saturated carbocycles. The summed E-state index contributed by atoms with van der Waals surface area (Å²) < 4.78 is 36.0. The fraction of sp³-hybridized carbons (Fsp3) is 1.00. The molecule has 0 bridgehead atoms. The van der Waals surface area contributed by atoms with Crippen LogP contribution in [0.3, 0.4) is 0 Å². The lowest BCUT2D eigenvalue weighted by Crippen LogP contribution is -2.40. The molecule has 1 saturated heterocycles. The third kappa shape index (κ3) is 5.16. The molecule has 0 aromatic rings. The summed E-state index contributed by atoms with van der Waals surface area (Å²) >= 11 is 0. The molecule has 0 spiro atoms. The predicted molar refractivity (Wildman–Crippen MR) is 56.2 cm³/mol. The molecule has 1 unspecified atom stereocenters. The first kappa shape index (κ1) is 13.8. The van der Waals surface area contributed by atoms with Crippen LogP contribution in [0.5, 0.6) is 0 Å². The van der Waals surface area contributed by atoms with Crippen molar-refractivity contribution >= 4 is 0 Å². The van der Waals surface area contributed by atoms with Gasteiger partial charge in [-0.2, -0.15) is 13.2 Å². The molecule has 2 nitrogen and oxygen atoms in total. The molecule has 0 amide bonds. The van der Waals surface area contributed by atoms with E-state index in [4.69, 9.17) is 5.11 Å². The van der Waals surface area contributed by atoms with Crippen molar-refractivity contribution in [1.29, 1.82) is 0 Å². The number of rotatable bonds is 5. The molecule has 5 heteroatoms. The van der Waals surface area contributed by atoms with Crippen LogP contribution in [0.1, 0.15) is 38.5 Å². The summed E-state index contributed by atoms with van der Waals surface area (Å²) in [7, 11) is 0. The number of piperidine rings is 1. The van der Waals surface area contributed by atoms with Gasteiger partial charge in [-0.15, -0.1) is 0 Å². The van der Waals surface area contributed by atoms with Crippen LogP contribution in [-0.2, 0) is 0 Å². The smallest absolute Gasteiger partial charge is 0.389 e. The van der Waals surface area contributed by atoms with Gasteiger partial charge in [0.05, 0.1) is 0 Å². The van der Waals surface area contributed by atoms with E-state index in [9.17, 15) is 13.2 Å². The third-order valence-corrected chi connectivity index (χ3v) is 3.12. The molecule has 96 valence electrons. The van der Waals surface area contributed by atoms with Gasteiger partial charge >= 0.3 is 6.18 Å². The van der Waals surface area contributed by atoms with E-state index in [1.165, 1.54) is 0 Å². The molecular weight excluding hydrogens is 219 g/mol. The molecule has 0 aromatic heterocycles. The van der Waals surface area contributed by atoms with Crippen LogP contribution < -0.4 is 0 Å². The first-order valence-electron chi connectivity index (χ1n) is 5.94. The molecule has 16 heavy (non-hydrogen) atoms. The van der Waals surface area contributed by atoms with E-state index in [1.54, 1.807) is 0 Å². The SMILES string of the molecule is OCCC1CCCCN1CCCC(F)(F)F. The Morgan fingerprint density at radius 2 is 2.00 bits per heavy atom. The maximum Gasteiger partial charge on any atom is 0.389 e. The van der Waals surface area contributed by atoms with Gasteiger partial charge in [0, 0.05) is 19.1 Å². The molecular formula is C11H20F3NO. The van der Waals surface area contributed by atoms with E-state index in [2.05, 4.69) is 4.90 Å². The highest BCUT2D eigenvalue weighted by Crippen LogP contribution is 2.24. The van der Waals surface area contributed by atoms with Gasteiger partial charge in [0.2, 0.25) is 0 Å². The maximum atomic E-state index is 12.0. The molecule has 1 aliphatic rings. The van der Waals surface area contributed by atoms with Crippen LogP contribution in [0, 0.1) is 0 Å². The summed E-state index contributed by atoms with van der Waals surface area (Å²) in [5.41, 5.74) is 0. The van der Waals surface area contributed by atoms with Crippen LogP contribution in [0.2, 0.25) is 0 Å². The predicted octanol–water partition coefficient (Wildman–Crippen LogP) is 2.57. The maximum absolute atomic E-state index is 12.0. The van der Waals surface area contributed by atoms with Gasteiger partial charge in [0.25, 0.3) is 0 Å². The van der Waals surface area contributed by atoms with E-state index >= 15 is 0 Å². The third-order valence-electron chi connectivity index (χ3n) is 3.12. The van der Waals surface area contributed by atoms with Crippen LogP contribution in [0.15, 0.2) is 0 Å². The number of hydrogen-bond acceptors (Lipinski definition) is 2. The van der Waals surface area contributed by atoms with E-state index in [1.807, 2.05) is 0 Å². The average Bonchev–Trinajstić information content (AvgIpc) is 2.19. The average molecular weight is 239 g/mol. The van der Waals surface area contributed by atoms with Crippen LogP contribution in [-0.4, -0.2) is 41.9 Å². The number of aliphatic hydroxyl groups is 1. The number of likely N-dealkylation sites (tertiary alicyclic amines) is 1. The quantitative estimate of drug-likeness (QED) is 0.797. The second kappa shape index (κ2) is 6.45. The first-order chi connectivity index (χ1) is 7.53. The molecule has 1 aliphatic heterocycles. The Labute approximate surface area is 94.4 Å². The topological polar surface area (TPSA) is 23.5 Å². The van der Waals surface area contributed by atoms with E-state index in [-0.39, 0.29) is 19.1 Å². The molecule has 1 rings (SSSR count). The van der Waals surface area contributed by atoms with Crippen molar-refractivity contribution in [3.8, 4) is 0 Å². The lowest BCUT2D eigenvalue weighted by molar-refractivity contribution is -0.136. The summed E-state index contributed by atoms with van der Waals surface area (Å²) in [5, 5.41) is 8.88. The molecule has 0 aromatic carbocycles. The van der Waals surface area contributed by atoms with Crippen LogP contribution in [0.25, 0.3) is 0 Å². The molecule has 1 atom stereocenters. The Hall–Kier alpha value is -0.290. The minimum atomic E-state index is -4.04. The number of halogens is 3. The van der Waals surface area contributed by atoms with Crippen LogP contribution >= 0.6 is 0 Å². The monoisotopic (exact) mass is 239 g/mol. The van der Waals surface area contributed by atoms with Gasteiger partial charge in [-0.25, -0.2) is 0 Å². The Morgan fingerprint density at radius 1 is 1.25 bits per heavy atom. The van der Waals surface area contributed by atoms with E-state index < -0.39 is 12.6 Å². The van der Waals surface area contributed by atoms with Crippen molar-refractivity contribution in [2.75, 3.05) is 19.7 Å². The highest BCUT2D eigenvalue weighted by molar-refractivity contribution is 4.76. The Bertz CT molecular complexity index is 194. The summed E-state index contributed by atoms with van der Waals surface area (Å²) in [5.74, 6) is 0. The molecule has 1 fully saturated rings. The Balaban J connectivity index is 2.27. The van der Waals surface area contributed by atoms with Gasteiger partial charge < -0.3 is 10.0 Å². The van der Waals surface area contributed by atoms with Crippen molar-refractivity contribution in [2.45, 2.75) is 50.7 Å². The number of hydrogen-bond donors (Lipinski definition) is 1. The minimum Gasteiger partial charge on any atom is -0.396 e. The van der Waals surface area contributed by atoms with Gasteiger partial charge in [0.15, 0.2) is 0 Å². The lowest BCUT2D eigenvalue weighted by atomic mass is 9.99. The zero-order chi connectivity index (χ0) is 12.0. The standard InChI is InChI=1S/C11H20F3NO/c12-11(13,14)6-3-8-15-7-2-1-4-10(15)5-9-16/h10,16H,1-9H2. The second-order valence-corrected chi connectivity index (χ2v) is 4.42. The summed E-state index contributed by atoms with van der Waals surface area (Å²) in [6.45, 7) is 1.51. The number of alkyl halides is 3. The summed E-state index contributed by atoms with van der Waals surface area (Å²) in [6.07, 6.45) is -0.685. The lowest BCUT2D eigenvalue weighted by Gasteiger charge is -2.35. The van der Waals surface area contributed by atoms with Crippen molar-refractivity contribution < 1.29 is 18.3 Å². The van der Waals surface area contributed by atoms with Crippen LogP contribution in [0.4, 0.5) is 13.2 Å². The zero-order valence-corrected chi connectivity index (χ0v) is 9.47. The molecule has 1 heterocycles. The number of aliphatic hydroxyl groups excluding tert-OH is 1. The minimum absolute atomic E-state index is 0.125. The normalized spacial score (nSPS) is 23.6. The first-order valence-corrected chi connectivity index (χ1v) is 5.94. The fourth-order valence-electron chi connectivity index (χ4n) is 2.31. The van der Waals surface area contributed by atoms with Crippen molar-refractivity contribution in [2.24, 2.45) is 0 Å². The fourth-order valence-corrected chi connectivity index (χ4v) is 2.31. The van der Waals surface area contributed by atoms with E-state index in [0.29, 0.717) is 13.0 Å². The summed E-state index contributed by atoms with van der Waals surface area (Å²) in [4.78, 5) is 2.10. The zero-order valence-electron chi connectivity index (χ0n) is 9.47. The Morgan fingerprint density at radius 3 is 2.62 bits per heavy atom. The largest absolute Gasteiger partial charge is 0.396 e. The van der Waals surface area contributed by atoms with E-state index in [0.717, 1.165) is 25.8 Å². The van der Waals surface area contributed by atoms with Crippen molar-refractivity contribution in [3.05, 3.63) is 0 Å². The van der Waals surface area contributed by atoms with Gasteiger partial charge in [-0.1, -0.05) is 6.42 Å².